The molecule has 2 atom stereocenters. The highest BCUT2D eigenvalue weighted by Crippen LogP contribution is 2.38. The molecule has 6 rings (SSSR count). The molecule has 0 spiro atoms. The van der Waals surface area contributed by atoms with Crippen molar-refractivity contribution < 1.29 is 13.9 Å². The minimum Gasteiger partial charge on any atom is -0.492 e. The van der Waals surface area contributed by atoms with E-state index in [0.29, 0.717) is 31.2 Å². The molecule has 3 aliphatic heterocycles. The third-order valence-electron chi connectivity index (χ3n) is 8.42. The Labute approximate surface area is 201 Å². The van der Waals surface area contributed by atoms with Crippen LogP contribution in [0.25, 0.3) is 0 Å². The number of benzene rings is 2. The van der Waals surface area contributed by atoms with E-state index in [4.69, 9.17) is 4.74 Å². The molecule has 2 aromatic rings. The lowest BCUT2D eigenvalue weighted by Gasteiger charge is -2.44. The van der Waals surface area contributed by atoms with E-state index in [2.05, 4.69) is 22.3 Å². The fourth-order valence-corrected chi connectivity index (χ4v) is 6.32. The summed E-state index contributed by atoms with van der Waals surface area (Å²) in [6, 6.07) is 10.2. The number of halogens is 1. The topological polar surface area (TPSA) is 44.8 Å². The van der Waals surface area contributed by atoms with Crippen molar-refractivity contribution in [2.24, 2.45) is 0 Å². The number of hydrogen-bond acceptors (Lipinski definition) is 4. The van der Waals surface area contributed by atoms with Gasteiger partial charge in [-0.3, -0.25) is 9.69 Å². The summed E-state index contributed by atoms with van der Waals surface area (Å²) in [5, 5.41) is 3.43. The number of unbranched alkanes of at least 4 members (excludes halogenated alkanes) is 1. The molecule has 1 amide bonds. The van der Waals surface area contributed by atoms with Crippen molar-refractivity contribution in [2.45, 2.75) is 69.5 Å². The molecule has 2 aromatic carbocycles. The average Bonchev–Trinajstić information content (AvgIpc) is 3.34. The predicted molar refractivity (Wildman–Crippen MR) is 131 cm³/mol. The molecule has 4 aliphatic rings. The predicted octanol–water partition coefficient (Wildman–Crippen LogP) is 4.95. The zero-order chi connectivity index (χ0) is 23.2. The van der Waals surface area contributed by atoms with Gasteiger partial charge in [-0.1, -0.05) is 18.9 Å². The maximum absolute atomic E-state index is 13.7. The number of carbonyl (C=O) groups is 1. The molecule has 0 bridgehead atoms. The van der Waals surface area contributed by atoms with E-state index in [9.17, 15) is 9.18 Å². The van der Waals surface area contributed by atoms with Crippen molar-refractivity contribution in [2.75, 3.05) is 32.1 Å². The third-order valence-corrected chi connectivity index (χ3v) is 8.42. The first-order chi connectivity index (χ1) is 16.6. The molecule has 6 heteroatoms. The minimum atomic E-state index is -0.141. The van der Waals surface area contributed by atoms with Crippen LogP contribution in [0.15, 0.2) is 30.3 Å². The van der Waals surface area contributed by atoms with Gasteiger partial charge in [-0.25, -0.2) is 4.39 Å². The number of rotatable bonds is 7. The van der Waals surface area contributed by atoms with Crippen LogP contribution in [-0.4, -0.2) is 54.5 Å². The van der Waals surface area contributed by atoms with Crippen LogP contribution < -0.4 is 10.1 Å². The Morgan fingerprint density at radius 2 is 2.06 bits per heavy atom. The van der Waals surface area contributed by atoms with Crippen LogP contribution in [0.2, 0.25) is 0 Å². The maximum atomic E-state index is 13.7. The van der Waals surface area contributed by atoms with Gasteiger partial charge in [0, 0.05) is 49.4 Å². The summed E-state index contributed by atoms with van der Waals surface area (Å²) < 4.78 is 20.0. The standard InChI is InChI=1S/C28H34FN3O2/c1-31-16-19-8-11-26-24(27(19)28(31)33)14-22(17-34-26)32(21-6-4-7-21)12-3-2-5-18-15-30-25-10-9-20(29)13-23(18)25/h8-11,13,18,21-22,30H,2-7,12,14-17H2,1H3. The van der Waals surface area contributed by atoms with E-state index < -0.39 is 0 Å². The van der Waals surface area contributed by atoms with Gasteiger partial charge in [-0.15, -0.1) is 0 Å². The number of amides is 1. The molecule has 2 unspecified atom stereocenters. The average molecular weight is 464 g/mol. The maximum Gasteiger partial charge on any atom is 0.254 e. The zero-order valence-corrected chi connectivity index (χ0v) is 20.0. The minimum absolute atomic E-state index is 0.133. The van der Waals surface area contributed by atoms with Crippen molar-refractivity contribution in [3.63, 3.8) is 0 Å². The molecule has 1 N–H and O–H groups in total. The van der Waals surface area contributed by atoms with Crippen molar-refractivity contribution in [1.82, 2.24) is 9.80 Å². The molecule has 1 fully saturated rings. The highest BCUT2D eigenvalue weighted by Gasteiger charge is 2.37. The molecule has 0 saturated heterocycles. The number of ether oxygens (including phenoxy) is 1. The second-order valence-electron chi connectivity index (χ2n) is 10.5. The van der Waals surface area contributed by atoms with Gasteiger partial charge in [0.2, 0.25) is 0 Å². The van der Waals surface area contributed by atoms with Gasteiger partial charge in [-0.05, 0) is 74.0 Å². The van der Waals surface area contributed by atoms with Crippen molar-refractivity contribution in [3.05, 3.63) is 58.4 Å². The number of carbonyl (C=O) groups excluding carboxylic acids is 1. The lowest BCUT2D eigenvalue weighted by Crippen LogP contribution is -2.51. The van der Waals surface area contributed by atoms with E-state index >= 15 is 0 Å². The van der Waals surface area contributed by atoms with E-state index in [1.54, 1.807) is 11.0 Å². The Morgan fingerprint density at radius 1 is 1.18 bits per heavy atom. The number of nitrogens with zero attached hydrogens (tertiary/aromatic N) is 2. The lowest BCUT2D eigenvalue weighted by molar-refractivity contribution is 0.0427. The fourth-order valence-electron chi connectivity index (χ4n) is 6.32. The normalized spacial score (nSPS) is 23.3. The van der Waals surface area contributed by atoms with Crippen LogP contribution in [0.4, 0.5) is 10.1 Å². The van der Waals surface area contributed by atoms with Gasteiger partial charge in [-0.2, -0.15) is 0 Å². The van der Waals surface area contributed by atoms with Gasteiger partial charge >= 0.3 is 0 Å². The second-order valence-corrected chi connectivity index (χ2v) is 10.5. The van der Waals surface area contributed by atoms with Crippen LogP contribution >= 0.6 is 0 Å². The van der Waals surface area contributed by atoms with Crippen LogP contribution in [0.1, 0.15) is 71.5 Å². The first kappa shape index (κ1) is 21.9. The Hall–Kier alpha value is -2.60. The molecule has 0 aromatic heterocycles. The Bertz CT molecular complexity index is 1100. The van der Waals surface area contributed by atoms with Crippen molar-refractivity contribution in [3.8, 4) is 5.75 Å². The molecule has 5 nitrogen and oxygen atoms in total. The van der Waals surface area contributed by atoms with Gasteiger partial charge in [0.05, 0.1) is 5.56 Å². The molecular weight excluding hydrogens is 429 g/mol. The lowest BCUT2D eigenvalue weighted by atomic mass is 9.87. The van der Waals surface area contributed by atoms with E-state index in [1.807, 2.05) is 13.1 Å². The summed E-state index contributed by atoms with van der Waals surface area (Å²) in [6.07, 6.45) is 8.08. The molecule has 0 radical (unpaired) electrons. The highest BCUT2D eigenvalue weighted by molar-refractivity contribution is 6.00. The summed E-state index contributed by atoms with van der Waals surface area (Å²) in [5.74, 6) is 1.29. The SMILES string of the molecule is CN1Cc2ccc3c(c2C1=O)CC(N(CCCCC1CNc2ccc(F)cc21)C1CCC1)CO3. The number of hydrogen-bond donors (Lipinski definition) is 1. The summed E-state index contributed by atoms with van der Waals surface area (Å²) in [4.78, 5) is 17.3. The quantitative estimate of drug-likeness (QED) is 0.590. The smallest absolute Gasteiger partial charge is 0.254 e. The summed E-state index contributed by atoms with van der Waals surface area (Å²) in [6.45, 7) is 3.37. The molecule has 1 saturated carbocycles. The van der Waals surface area contributed by atoms with Gasteiger partial charge in [0.15, 0.2) is 0 Å². The van der Waals surface area contributed by atoms with Gasteiger partial charge < -0.3 is 15.0 Å². The number of anilines is 1. The molecule has 180 valence electrons. The molecule has 34 heavy (non-hydrogen) atoms. The summed E-state index contributed by atoms with van der Waals surface area (Å²) in [7, 11) is 1.88. The first-order valence-corrected chi connectivity index (χ1v) is 12.9. The van der Waals surface area contributed by atoms with Gasteiger partial charge in [0.25, 0.3) is 5.91 Å². The van der Waals surface area contributed by atoms with Crippen LogP contribution in [0.5, 0.6) is 5.75 Å². The van der Waals surface area contributed by atoms with Crippen LogP contribution in [0.3, 0.4) is 0 Å². The van der Waals surface area contributed by atoms with E-state index in [0.717, 1.165) is 72.5 Å². The van der Waals surface area contributed by atoms with E-state index in [1.165, 1.54) is 25.3 Å². The fraction of sp³-hybridized carbons (Fsp3) is 0.536. The molecular formula is C28H34FN3O2. The number of nitrogens with one attached hydrogen (secondary N) is 1. The van der Waals surface area contributed by atoms with E-state index in [-0.39, 0.29) is 11.7 Å². The second kappa shape index (κ2) is 8.88. The Morgan fingerprint density at radius 3 is 2.88 bits per heavy atom. The third kappa shape index (κ3) is 3.86. The van der Waals surface area contributed by atoms with Crippen LogP contribution in [-0.2, 0) is 13.0 Å². The molecule has 1 aliphatic carbocycles. The summed E-state index contributed by atoms with van der Waals surface area (Å²) >= 11 is 0. The van der Waals surface area contributed by atoms with Gasteiger partial charge in [0.1, 0.15) is 18.2 Å². The first-order valence-electron chi connectivity index (χ1n) is 12.9. The largest absolute Gasteiger partial charge is 0.492 e. The monoisotopic (exact) mass is 463 g/mol. The van der Waals surface area contributed by atoms with Crippen LogP contribution in [0, 0.1) is 5.82 Å². The highest BCUT2D eigenvalue weighted by atomic mass is 19.1. The van der Waals surface area contributed by atoms with Crippen molar-refractivity contribution in [1.29, 1.82) is 0 Å². The molecule has 3 heterocycles. The Kier molecular flexibility index (Phi) is 5.72. The zero-order valence-electron chi connectivity index (χ0n) is 20.0. The van der Waals surface area contributed by atoms with Crippen molar-refractivity contribution >= 4 is 11.6 Å². The summed E-state index contributed by atoms with van der Waals surface area (Å²) in [5.41, 5.74) is 5.36. The Balaban J connectivity index is 1.11. The number of fused-ring (bicyclic) bond motifs is 4.